The fourth-order valence-corrected chi connectivity index (χ4v) is 3.09. The van der Waals surface area contributed by atoms with Crippen molar-refractivity contribution >= 4 is 17.5 Å². The Morgan fingerprint density at radius 2 is 1.81 bits per heavy atom. The van der Waals surface area contributed by atoms with Gasteiger partial charge in [0.2, 0.25) is 5.91 Å². The van der Waals surface area contributed by atoms with Gasteiger partial charge in [-0.25, -0.2) is 0 Å². The second-order valence-corrected chi connectivity index (χ2v) is 7.70. The molecule has 0 saturated carbocycles. The van der Waals surface area contributed by atoms with Gasteiger partial charge < -0.3 is 10.1 Å². The number of carbonyl (C=O) groups excluding carboxylic acids is 1. The summed E-state index contributed by atoms with van der Waals surface area (Å²) in [6.45, 7) is 5.71. The van der Waals surface area contributed by atoms with E-state index in [2.05, 4.69) is 19.2 Å². The topological polar surface area (TPSA) is 38.3 Å². The van der Waals surface area contributed by atoms with E-state index in [1.54, 1.807) is 0 Å². The van der Waals surface area contributed by atoms with Gasteiger partial charge in [0.15, 0.2) is 0 Å². The van der Waals surface area contributed by atoms with Crippen LogP contribution in [0.5, 0.6) is 5.75 Å². The van der Waals surface area contributed by atoms with Gasteiger partial charge in [-0.2, -0.15) is 0 Å². The lowest BCUT2D eigenvalue weighted by molar-refractivity contribution is -0.120. The minimum absolute atomic E-state index is 0.0197. The number of hydrogen-bond donors (Lipinski definition) is 1. The SMILES string of the molecule is CC(C)CCCCCOc1ccc(CC(=O)NCc2ccccc2)cc1Cl. The van der Waals surface area contributed by atoms with Gasteiger partial charge in [-0.1, -0.05) is 81.1 Å². The Morgan fingerprint density at radius 1 is 1.04 bits per heavy atom. The molecule has 0 fully saturated rings. The lowest BCUT2D eigenvalue weighted by atomic mass is 10.1. The van der Waals surface area contributed by atoms with E-state index < -0.39 is 0 Å². The first-order chi connectivity index (χ1) is 13.0. The third-order valence-corrected chi connectivity index (χ3v) is 4.67. The average molecular weight is 388 g/mol. The molecule has 0 aromatic heterocycles. The van der Waals surface area contributed by atoms with Gasteiger partial charge in [-0.3, -0.25) is 4.79 Å². The van der Waals surface area contributed by atoms with E-state index in [9.17, 15) is 4.79 Å². The van der Waals surface area contributed by atoms with Crippen LogP contribution in [0.2, 0.25) is 5.02 Å². The molecule has 1 N–H and O–H groups in total. The Kier molecular flexibility index (Phi) is 9.20. The maximum absolute atomic E-state index is 12.1. The van der Waals surface area contributed by atoms with Crippen molar-refractivity contribution in [1.82, 2.24) is 5.32 Å². The molecule has 146 valence electrons. The number of amides is 1. The number of nitrogens with one attached hydrogen (secondary N) is 1. The number of ether oxygens (including phenoxy) is 1. The van der Waals surface area contributed by atoms with E-state index in [4.69, 9.17) is 16.3 Å². The molecule has 0 aliphatic rings. The summed E-state index contributed by atoms with van der Waals surface area (Å²) in [5, 5.41) is 3.49. The maximum Gasteiger partial charge on any atom is 0.224 e. The molecule has 4 heteroatoms. The molecule has 0 radical (unpaired) electrons. The Hall–Kier alpha value is -2.00. The van der Waals surface area contributed by atoms with Gasteiger partial charge in [-0.15, -0.1) is 0 Å². The molecule has 27 heavy (non-hydrogen) atoms. The van der Waals surface area contributed by atoms with Crippen LogP contribution in [-0.4, -0.2) is 12.5 Å². The van der Waals surface area contributed by atoms with Crippen LogP contribution < -0.4 is 10.1 Å². The molecular formula is C23H30ClNO2. The molecule has 0 atom stereocenters. The van der Waals surface area contributed by atoms with Crippen LogP contribution in [0, 0.1) is 5.92 Å². The molecule has 0 spiro atoms. The van der Waals surface area contributed by atoms with Crippen LogP contribution >= 0.6 is 11.6 Å². The van der Waals surface area contributed by atoms with E-state index in [1.165, 1.54) is 19.3 Å². The normalized spacial score (nSPS) is 10.8. The number of benzene rings is 2. The zero-order valence-electron chi connectivity index (χ0n) is 16.3. The second kappa shape index (κ2) is 11.7. The van der Waals surface area contributed by atoms with Crippen molar-refractivity contribution < 1.29 is 9.53 Å². The highest BCUT2D eigenvalue weighted by Crippen LogP contribution is 2.26. The lowest BCUT2D eigenvalue weighted by Crippen LogP contribution is -2.24. The third kappa shape index (κ3) is 8.49. The fraction of sp³-hybridized carbons (Fsp3) is 0.435. The van der Waals surface area contributed by atoms with E-state index in [-0.39, 0.29) is 5.91 Å². The standard InChI is InChI=1S/C23H30ClNO2/c1-18(2)9-5-4-8-14-27-22-13-12-20(15-21(22)24)16-23(26)25-17-19-10-6-3-7-11-19/h3,6-7,10-13,15,18H,4-5,8-9,14,16-17H2,1-2H3,(H,25,26). The highest BCUT2D eigenvalue weighted by Gasteiger charge is 2.07. The molecule has 0 aliphatic heterocycles. The fourth-order valence-electron chi connectivity index (χ4n) is 2.83. The van der Waals surface area contributed by atoms with E-state index in [1.807, 2.05) is 48.5 Å². The molecule has 3 nitrogen and oxygen atoms in total. The van der Waals surface area contributed by atoms with Gasteiger partial charge in [0, 0.05) is 6.54 Å². The highest BCUT2D eigenvalue weighted by atomic mass is 35.5. The molecular weight excluding hydrogens is 358 g/mol. The van der Waals surface area contributed by atoms with Gasteiger partial charge in [0.1, 0.15) is 5.75 Å². The first kappa shape index (κ1) is 21.3. The van der Waals surface area contributed by atoms with E-state index >= 15 is 0 Å². The Balaban J connectivity index is 1.72. The van der Waals surface area contributed by atoms with Crippen molar-refractivity contribution in [1.29, 1.82) is 0 Å². The summed E-state index contributed by atoms with van der Waals surface area (Å²) in [4.78, 5) is 12.1. The molecule has 2 aromatic rings. The summed E-state index contributed by atoms with van der Waals surface area (Å²) < 4.78 is 5.78. The number of carbonyl (C=O) groups is 1. The van der Waals surface area contributed by atoms with Crippen LogP contribution in [0.15, 0.2) is 48.5 Å². The highest BCUT2D eigenvalue weighted by molar-refractivity contribution is 6.32. The maximum atomic E-state index is 12.1. The molecule has 2 aromatic carbocycles. The van der Waals surface area contributed by atoms with Crippen molar-refractivity contribution in [2.75, 3.05) is 6.61 Å². The van der Waals surface area contributed by atoms with Crippen molar-refractivity contribution in [3.8, 4) is 5.75 Å². The first-order valence-electron chi connectivity index (χ1n) is 9.76. The molecule has 0 unspecified atom stereocenters. The number of halogens is 1. The Bertz CT molecular complexity index is 701. The number of unbranched alkanes of at least 4 members (excludes halogenated alkanes) is 2. The second-order valence-electron chi connectivity index (χ2n) is 7.30. The first-order valence-corrected chi connectivity index (χ1v) is 10.1. The van der Waals surface area contributed by atoms with Gasteiger partial charge in [0.05, 0.1) is 18.1 Å². The van der Waals surface area contributed by atoms with Crippen LogP contribution in [0.25, 0.3) is 0 Å². The van der Waals surface area contributed by atoms with Crippen molar-refractivity contribution in [2.45, 2.75) is 52.5 Å². The zero-order chi connectivity index (χ0) is 19.5. The average Bonchev–Trinajstić information content (AvgIpc) is 2.65. The molecule has 1 amide bonds. The summed E-state index contributed by atoms with van der Waals surface area (Å²) in [5.41, 5.74) is 1.97. The predicted molar refractivity (Wildman–Crippen MR) is 112 cm³/mol. The molecule has 0 bridgehead atoms. The van der Waals surface area contributed by atoms with Crippen molar-refractivity contribution in [3.05, 3.63) is 64.7 Å². The van der Waals surface area contributed by atoms with Crippen LogP contribution in [0.4, 0.5) is 0 Å². The summed E-state index contributed by atoms with van der Waals surface area (Å²) in [6.07, 6.45) is 5.03. The van der Waals surface area contributed by atoms with Gasteiger partial charge in [0.25, 0.3) is 0 Å². The predicted octanol–water partition coefficient (Wildman–Crippen LogP) is 5.79. The van der Waals surface area contributed by atoms with Gasteiger partial charge in [-0.05, 0) is 35.6 Å². The van der Waals surface area contributed by atoms with Crippen LogP contribution in [-0.2, 0) is 17.8 Å². The zero-order valence-corrected chi connectivity index (χ0v) is 17.1. The quantitative estimate of drug-likeness (QED) is 0.495. The Labute approximate surface area is 168 Å². The molecule has 0 saturated heterocycles. The third-order valence-electron chi connectivity index (χ3n) is 4.38. The number of hydrogen-bond acceptors (Lipinski definition) is 2. The minimum atomic E-state index is -0.0197. The van der Waals surface area contributed by atoms with Crippen molar-refractivity contribution in [2.24, 2.45) is 5.92 Å². The molecule has 2 rings (SSSR count). The lowest BCUT2D eigenvalue weighted by Gasteiger charge is -2.10. The molecule has 0 aliphatic carbocycles. The smallest absolute Gasteiger partial charge is 0.224 e. The summed E-state index contributed by atoms with van der Waals surface area (Å²) in [7, 11) is 0. The number of rotatable bonds is 11. The Morgan fingerprint density at radius 3 is 2.52 bits per heavy atom. The molecule has 0 heterocycles. The summed E-state index contributed by atoms with van der Waals surface area (Å²) >= 11 is 6.31. The van der Waals surface area contributed by atoms with Crippen LogP contribution in [0.1, 0.15) is 50.7 Å². The van der Waals surface area contributed by atoms with Gasteiger partial charge >= 0.3 is 0 Å². The minimum Gasteiger partial charge on any atom is -0.492 e. The summed E-state index contributed by atoms with van der Waals surface area (Å²) in [5.74, 6) is 1.43. The summed E-state index contributed by atoms with van der Waals surface area (Å²) in [6, 6.07) is 15.4. The largest absolute Gasteiger partial charge is 0.492 e. The van der Waals surface area contributed by atoms with Crippen LogP contribution in [0.3, 0.4) is 0 Å². The van der Waals surface area contributed by atoms with E-state index in [0.29, 0.717) is 30.3 Å². The van der Waals surface area contributed by atoms with Crippen molar-refractivity contribution in [3.63, 3.8) is 0 Å². The van der Waals surface area contributed by atoms with E-state index in [0.717, 1.165) is 23.5 Å². The monoisotopic (exact) mass is 387 g/mol.